The van der Waals surface area contributed by atoms with Crippen LogP contribution in [0.25, 0.3) is 11.2 Å². The van der Waals surface area contributed by atoms with E-state index in [2.05, 4.69) is 15.0 Å². The van der Waals surface area contributed by atoms with Crippen molar-refractivity contribution in [1.82, 2.24) is 15.0 Å². The largest absolute Gasteiger partial charge is 0.478 e. The third kappa shape index (κ3) is 1.76. The molecule has 1 saturated heterocycles. The summed E-state index contributed by atoms with van der Waals surface area (Å²) >= 11 is 0. The van der Waals surface area contributed by atoms with Gasteiger partial charge in [-0.25, -0.2) is 14.8 Å². The fourth-order valence-electron chi connectivity index (χ4n) is 1.98. The maximum absolute atomic E-state index is 10.8. The molecule has 0 aromatic carbocycles. The number of hydrogen-bond donors (Lipinski definition) is 2. The number of carboxylic acid groups (broad SMARTS) is 1. The van der Waals surface area contributed by atoms with E-state index in [0.717, 1.165) is 25.3 Å². The van der Waals surface area contributed by atoms with E-state index < -0.39 is 5.97 Å². The molecule has 2 N–H and O–H groups in total. The SMILES string of the molecule is O=C(O)c1cnc2nc(C3CCCO3)[nH]c2c1. The zero-order chi connectivity index (χ0) is 11.8. The van der Waals surface area contributed by atoms with Crippen molar-refractivity contribution in [2.75, 3.05) is 6.61 Å². The molecule has 0 aliphatic carbocycles. The van der Waals surface area contributed by atoms with Gasteiger partial charge in [0.15, 0.2) is 5.65 Å². The average molecular weight is 233 g/mol. The lowest BCUT2D eigenvalue weighted by molar-refractivity contribution is 0.0696. The van der Waals surface area contributed by atoms with Gasteiger partial charge < -0.3 is 14.8 Å². The summed E-state index contributed by atoms with van der Waals surface area (Å²) < 4.78 is 5.51. The average Bonchev–Trinajstić information content (AvgIpc) is 2.96. The molecule has 1 aliphatic rings. The first-order valence-electron chi connectivity index (χ1n) is 5.44. The van der Waals surface area contributed by atoms with Gasteiger partial charge in [0, 0.05) is 12.8 Å². The number of H-pyrrole nitrogens is 1. The third-order valence-corrected chi connectivity index (χ3v) is 2.84. The second-order valence-electron chi connectivity index (χ2n) is 4.02. The molecular formula is C11H11N3O3. The van der Waals surface area contributed by atoms with Crippen molar-refractivity contribution in [3.05, 3.63) is 23.7 Å². The molecule has 0 bridgehead atoms. The van der Waals surface area contributed by atoms with Crippen LogP contribution >= 0.6 is 0 Å². The minimum absolute atomic E-state index is 0.0162. The summed E-state index contributed by atoms with van der Waals surface area (Å²) in [4.78, 5) is 22.2. The molecule has 0 amide bonds. The molecule has 6 heteroatoms. The van der Waals surface area contributed by atoms with Crippen molar-refractivity contribution < 1.29 is 14.6 Å². The lowest BCUT2D eigenvalue weighted by Crippen LogP contribution is -1.97. The van der Waals surface area contributed by atoms with Crippen molar-refractivity contribution in [2.45, 2.75) is 18.9 Å². The third-order valence-electron chi connectivity index (χ3n) is 2.84. The van der Waals surface area contributed by atoms with E-state index in [9.17, 15) is 4.79 Å². The summed E-state index contributed by atoms with van der Waals surface area (Å²) in [6.07, 6.45) is 3.25. The van der Waals surface area contributed by atoms with Gasteiger partial charge in [-0.2, -0.15) is 0 Å². The highest BCUT2D eigenvalue weighted by Crippen LogP contribution is 2.27. The van der Waals surface area contributed by atoms with Crippen molar-refractivity contribution in [1.29, 1.82) is 0 Å². The maximum atomic E-state index is 10.8. The molecule has 0 radical (unpaired) electrons. The van der Waals surface area contributed by atoms with E-state index in [1.165, 1.54) is 12.3 Å². The molecule has 2 aromatic heterocycles. The van der Waals surface area contributed by atoms with Crippen LogP contribution in [-0.2, 0) is 4.74 Å². The highest BCUT2D eigenvalue weighted by atomic mass is 16.5. The van der Waals surface area contributed by atoms with Crippen molar-refractivity contribution in [3.63, 3.8) is 0 Å². The minimum Gasteiger partial charge on any atom is -0.478 e. The Morgan fingerprint density at radius 2 is 2.47 bits per heavy atom. The number of hydrogen-bond acceptors (Lipinski definition) is 4. The number of carbonyl (C=O) groups is 1. The molecule has 3 rings (SSSR count). The minimum atomic E-state index is -0.993. The number of nitrogens with zero attached hydrogens (tertiary/aromatic N) is 2. The Morgan fingerprint density at radius 1 is 1.59 bits per heavy atom. The van der Waals surface area contributed by atoms with Crippen LogP contribution in [0.5, 0.6) is 0 Å². The van der Waals surface area contributed by atoms with Crippen LogP contribution in [0.2, 0.25) is 0 Å². The van der Waals surface area contributed by atoms with Gasteiger partial charge in [0.25, 0.3) is 0 Å². The van der Waals surface area contributed by atoms with Gasteiger partial charge in [0.1, 0.15) is 11.9 Å². The Hall–Kier alpha value is -1.95. The van der Waals surface area contributed by atoms with Crippen LogP contribution in [0.1, 0.15) is 35.1 Å². The molecule has 0 saturated carbocycles. The first-order valence-corrected chi connectivity index (χ1v) is 5.44. The Bertz CT molecular complexity index is 572. The molecule has 1 fully saturated rings. The second-order valence-corrected chi connectivity index (χ2v) is 4.02. The summed E-state index contributed by atoms with van der Waals surface area (Å²) in [5.41, 5.74) is 1.32. The number of ether oxygens (including phenoxy) is 1. The van der Waals surface area contributed by atoms with E-state index >= 15 is 0 Å². The number of pyridine rings is 1. The number of aromatic amines is 1. The number of carboxylic acids is 1. The monoisotopic (exact) mass is 233 g/mol. The molecular weight excluding hydrogens is 222 g/mol. The van der Waals surface area contributed by atoms with Gasteiger partial charge >= 0.3 is 5.97 Å². The number of aromatic carboxylic acids is 1. The smallest absolute Gasteiger partial charge is 0.337 e. The van der Waals surface area contributed by atoms with Crippen LogP contribution in [0.15, 0.2) is 12.3 Å². The maximum Gasteiger partial charge on any atom is 0.337 e. The Morgan fingerprint density at radius 3 is 3.18 bits per heavy atom. The first-order chi connectivity index (χ1) is 8.24. The zero-order valence-corrected chi connectivity index (χ0v) is 9.01. The predicted octanol–water partition coefficient (Wildman–Crippen LogP) is 1.51. The van der Waals surface area contributed by atoms with Gasteiger partial charge in [-0.15, -0.1) is 0 Å². The molecule has 3 heterocycles. The molecule has 0 spiro atoms. The van der Waals surface area contributed by atoms with E-state index in [-0.39, 0.29) is 11.7 Å². The molecule has 2 aromatic rings. The first kappa shape index (κ1) is 10.2. The summed E-state index contributed by atoms with van der Waals surface area (Å²) in [7, 11) is 0. The van der Waals surface area contributed by atoms with E-state index in [0.29, 0.717) is 11.2 Å². The molecule has 6 nitrogen and oxygen atoms in total. The summed E-state index contributed by atoms with van der Waals surface area (Å²) in [5, 5.41) is 8.86. The van der Waals surface area contributed by atoms with Gasteiger partial charge in [0.2, 0.25) is 0 Å². The fraction of sp³-hybridized carbons (Fsp3) is 0.364. The van der Waals surface area contributed by atoms with Gasteiger partial charge in [-0.1, -0.05) is 0 Å². The van der Waals surface area contributed by atoms with Crippen LogP contribution < -0.4 is 0 Å². The highest BCUT2D eigenvalue weighted by Gasteiger charge is 2.21. The number of fused-ring (bicyclic) bond motifs is 1. The normalized spacial score (nSPS) is 19.9. The number of imidazole rings is 1. The lowest BCUT2D eigenvalue weighted by atomic mass is 10.2. The molecule has 1 unspecified atom stereocenters. The van der Waals surface area contributed by atoms with Crippen LogP contribution in [0, 0.1) is 0 Å². The second kappa shape index (κ2) is 3.81. The van der Waals surface area contributed by atoms with E-state index in [1.54, 1.807) is 0 Å². The van der Waals surface area contributed by atoms with Crippen molar-refractivity contribution in [2.24, 2.45) is 0 Å². The zero-order valence-electron chi connectivity index (χ0n) is 9.01. The van der Waals surface area contributed by atoms with E-state index in [1.807, 2.05) is 0 Å². The fourth-order valence-corrected chi connectivity index (χ4v) is 1.98. The van der Waals surface area contributed by atoms with E-state index in [4.69, 9.17) is 9.84 Å². The van der Waals surface area contributed by atoms with Crippen LogP contribution in [-0.4, -0.2) is 32.6 Å². The van der Waals surface area contributed by atoms with Crippen LogP contribution in [0.4, 0.5) is 0 Å². The van der Waals surface area contributed by atoms with Crippen molar-refractivity contribution >= 4 is 17.1 Å². The van der Waals surface area contributed by atoms with Gasteiger partial charge in [0.05, 0.1) is 11.1 Å². The number of nitrogens with one attached hydrogen (secondary N) is 1. The summed E-state index contributed by atoms with van der Waals surface area (Å²) in [6.45, 7) is 0.746. The van der Waals surface area contributed by atoms with Gasteiger partial charge in [-0.05, 0) is 18.9 Å². The summed E-state index contributed by atoms with van der Waals surface area (Å²) in [5.74, 6) is -0.264. The molecule has 1 atom stereocenters. The predicted molar refractivity (Wildman–Crippen MR) is 58.8 cm³/mol. The molecule has 1 aliphatic heterocycles. The molecule has 17 heavy (non-hydrogen) atoms. The number of aromatic nitrogens is 3. The Kier molecular flexibility index (Phi) is 2.29. The standard InChI is InChI=1S/C11H11N3O3/c15-11(16)6-4-7-9(12-5-6)14-10(13-7)8-2-1-3-17-8/h4-5,8H,1-3H2,(H,15,16)(H,12,13,14). The number of rotatable bonds is 2. The topological polar surface area (TPSA) is 88.1 Å². The Labute approximate surface area is 96.6 Å². The highest BCUT2D eigenvalue weighted by molar-refractivity contribution is 5.90. The quantitative estimate of drug-likeness (QED) is 0.820. The van der Waals surface area contributed by atoms with Crippen molar-refractivity contribution in [3.8, 4) is 0 Å². The lowest BCUT2D eigenvalue weighted by Gasteiger charge is -2.03. The van der Waals surface area contributed by atoms with Gasteiger partial charge in [-0.3, -0.25) is 0 Å². The molecule has 88 valence electrons. The van der Waals surface area contributed by atoms with Crippen LogP contribution in [0.3, 0.4) is 0 Å². The Balaban J connectivity index is 2.03. The summed E-state index contributed by atoms with van der Waals surface area (Å²) in [6, 6.07) is 1.54.